The highest BCUT2D eigenvalue weighted by Crippen LogP contribution is 2.43. The molecule has 102 valence electrons. The van der Waals surface area contributed by atoms with Gasteiger partial charge in [-0.1, -0.05) is 11.6 Å². The van der Waals surface area contributed by atoms with Crippen molar-refractivity contribution in [1.82, 2.24) is 0 Å². The van der Waals surface area contributed by atoms with Crippen LogP contribution in [0.3, 0.4) is 0 Å². The highest BCUT2D eigenvalue weighted by molar-refractivity contribution is 6.31. The maximum Gasteiger partial charge on any atom is 0.170 e. The van der Waals surface area contributed by atoms with Gasteiger partial charge in [0.1, 0.15) is 11.4 Å². The standard InChI is InChI=1S/C15H17ClO3/c1-14(2)9-15(5-6-18-14)8-12(17)11-7-10(16)3-4-13(11)19-15/h3-4,7H,5-6,8-9H2,1-2H3. The molecule has 1 aromatic rings. The van der Waals surface area contributed by atoms with Gasteiger partial charge in [0.25, 0.3) is 0 Å². The Hall–Kier alpha value is -1.06. The lowest BCUT2D eigenvalue weighted by Crippen LogP contribution is -2.52. The largest absolute Gasteiger partial charge is 0.486 e. The third-order valence-corrected chi connectivity index (χ3v) is 4.08. The minimum Gasteiger partial charge on any atom is -0.486 e. The van der Waals surface area contributed by atoms with Gasteiger partial charge in [0.05, 0.1) is 24.2 Å². The van der Waals surface area contributed by atoms with Crippen LogP contribution in [0.25, 0.3) is 0 Å². The summed E-state index contributed by atoms with van der Waals surface area (Å²) in [5.74, 6) is 0.764. The summed E-state index contributed by atoms with van der Waals surface area (Å²) >= 11 is 5.94. The van der Waals surface area contributed by atoms with Crippen LogP contribution in [0.4, 0.5) is 0 Å². The molecule has 3 nitrogen and oxygen atoms in total. The Morgan fingerprint density at radius 3 is 2.84 bits per heavy atom. The molecule has 1 fully saturated rings. The maximum atomic E-state index is 12.3. The fraction of sp³-hybridized carbons (Fsp3) is 0.533. The fourth-order valence-corrected chi connectivity index (χ4v) is 3.30. The number of halogens is 1. The van der Waals surface area contributed by atoms with Gasteiger partial charge in [0.2, 0.25) is 0 Å². The summed E-state index contributed by atoms with van der Waals surface area (Å²) in [5, 5.41) is 0.568. The summed E-state index contributed by atoms with van der Waals surface area (Å²) in [6.07, 6.45) is 1.89. The molecule has 1 saturated heterocycles. The Labute approximate surface area is 117 Å². The van der Waals surface area contributed by atoms with Crippen molar-refractivity contribution in [2.24, 2.45) is 0 Å². The molecular weight excluding hydrogens is 264 g/mol. The zero-order valence-corrected chi connectivity index (χ0v) is 11.9. The highest BCUT2D eigenvalue weighted by Gasteiger charge is 2.47. The molecule has 4 heteroatoms. The molecule has 1 spiro atoms. The van der Waals surface area contributed by atoms with E-state index in [1.807, 2.05) is 13.8 Å². The summed E-state index contributed by atoms with van der Waals surface area (Å²) in [6.45, 7) is 4.71. The predicted molar refractivity (Wildman–Crippen MR) is 73.0 cm³/mol. The van der Waals surface area contributed by atoms with E-state index < -0.39 is 5.60 Å². The SMILES string of the molecule is CC1(C)CC2(CCO1)CC(=O)c1cc(Cl)ccc1O2. The minimum atomic E-state index is -0.417. The van der Waals surface area contributed by atoms with Crippen molar-refractivity contribution < 1.29 is 14.3 Å². The number of carbonyl (C=O) groups excluding carboxylic acids is 1. The van der Waals surface area contributed by atoms with Crippen LogP contribution >= 0.6 is 11.6 Å². The number of benzene rings is 1. The highest BCUT2D eigenvalue weighted by atomic mass is 35.5. The van der Waals surface area contributed by atoms with Gasteiger partial charge in [-0.3, -0.25) is 4.79 Å². The van der Waals surface area contributed by atoms with Crippen molar-refractivity contribution in [3.05, 3.63) is 28.8 Å². The molecular formula is C15H17ClO3. The van der Waals surface area contributed by atoms with Crippen molar-refractivity contribution in [2.45, 2.75) is 44.3 Å². The first-order valence-electron chi connectivity index (χ1n) is 6.55. The van der Waals surface area contributed by atoms with Crippen molar-refractivity contribution in [3.8, 4) is 5.75 Å². The molecule has 2 heterocycles. The number of hydrogen-bond donors (Lipinski definition) is 0. The molecule has 3 rings (SSSR count). The average molecular weight is 281 g/mol. The van der Waals surface area contributed by atoms with Crippen LogP contribution in [-0.4, -0.2) is 23.6 Å². The number of ether oxygens (including phenoxy) is 2. The molecule has 0 aliphatic carbocycles. The molecule has 0 N–H and O–H groups in total. The van der Waals surface area contributed by atoms with Crippen molar-refractivity contribution in [3.63, 3.8) is 0 Å². The van der Waals surface area contributed by atoms with Gasteiger partial charge >= 0.3 is 0 Å². The van der Waals surface area contributed by atoms with Crippen LogP contribution < -0.4 is 4.74 Å². The Balaban J connectivity index is 1.96. The van der Waals surface area contributed by atoms with E-state index >= 15 is 0 Å². The second kappa shape index (κ2) is 4.22. The quantitative estimate of drug-likeness (QED) is 0.728. The number of hydrogen-bond acceptors (Lipinski definition) is 3. The zero-order valence-electron chi connectivity index (χ0n) is 11.2. The van der Waals surface area contributed by atoms with Crippen LogP contribution in [-0.2, 0) is 4.74 Å². The molecule has 0 saturated carbocycles. The lowest BCUT2D eigenvalue weighted by Gasteiger charge is -2.46. The summed E-state index contributed by atoms with van der Waals surface area (Å²) in [4.78, 5) is 12.3. The summed E-state index contributed by atoms with van der Waals surface area (Å²) in [5.41, 5.74) is -0.0651. The molecule has 2 aliphatic heterocycles. The minimum absolute atomic E-state index is 0.112. The first kappa shape index (κ1) is 12.9. The third kappa shape index (κ3) is 2.37. The molecule has 0 bridgehead atoms. The Bertz CT molecular complexity index is 538. The molecule has 0 aromatic heterocycles. The van der Waals surface area contributed by atoms with E-state index in [1.54, 1.807) is 18.2 Å². The van der Waals surface area contributed by atoms with E-state index in [2.05, 4.69) is 0 Å². The molecule has 19 heavy (non-hydrogen) atoms. The van der Waals surface area contributed by atoms with E-state index in [4.69, 9.17) is 21.1 Å². The number of rotatable bonds is 0. The van der Waals surface area contributed by atoms with Gasteiger partial charge < -0.3 is 9.47 Å². The molecule has 0 radical (unpaired) electrons. The van der Waals surface area contributed by atoms with Crippen molar-refractivity contribution in [2.75, 3.05) is 6.61 Å². The van der Waals surface area contributed by atoms with Crippen LogP contribution in [0, 0.1) is 0 Å². The van der Waals surface area contributed by atoms with Gasteiger partial charge in [-0.25, -0.2) is 0 Å². The summed E-state index contributed by atoms with van der Waals surface area (Å²) in [6, 6.07) is 5.24. The first-order chi connectivity index (χ1) is 8.89. The Kier molecular flexibility index (Phi) is 2.88. The number of fused-ring (bicyclic) bond motifs is 1. The van der Waals surface area contributed by atoms with Crippen molar-refractivity contribution >= 4 is 17.4 Å². The van der Waals surface area contributed by atoms with Crippen LogP contribution in [0.1, 0.15) is 43.5 Å². The predicted octanol–water partition coefficient (Wildman–Crippen LogP) is 3.63. The average Bonchev–Trinajstić information content (AvgIpc) is 2.29. The van der Waals surface area contributed by atoms with Gasteiger partial charge in [-0.15, -0.1) is 0 Å². The first-order valence-corrected chi connectivity index (χ1v) is 6.93. The van der Waals surface area contributed by atoms with Crippen molar-refractivity contribution in [1.29, 1.82) is 0 Å². The van der Waals surface area contributed by atoms with E-state index in [1.165, 1.54) is 0 Å². The zero-order chi connectivity index (χ0) is 13.7. The van der Waals surface area contributed by atoms with Gasteiger partial charge in [0, 0.05) is 17.9 Å². The number of Topliss-reactive ketones (excluding diaryl/α,β-unsaturated/α-hetero) is 1. The normalized spacial score (nSPS) is 28.9. The van der Waals surface area contributed by atoms with Crippen LogP contribution in [0.5, 0.6) is 5.75 Å². The number of ketones is 1. The van der Waals surface area contributed by atoms with Gasteiger partial charge in [-0.05, 0) is 32.0 Å². The van der Waals surface area contributed by atoms with Crippen LogP contribution in [0.2, 0.25) is 5.02 Å². The third-order valence-electron chi connectivity index (χ3n) is 3.85. The van der Waals surface area contributed by atoms with E-state index in [0.29, 0.717) is 29.4 Å². The van der Waals surface area contributed by atoms with E-state index in [9.17, 15) is 4.79 Å². The fourth-order valence-electron chi connectivity index (χ4n) is 3.13. The molecule has 1 atom stereocenters. The lowest BCUT2D eigenvalue weighted by atomic mass is 9.78. The van der Waals surface area contributed by atoms with E-state index in [0.717, 1.165) is 12.8 Å². The van der Waals surface area contributed by atoms with E-state index in [-0.39, 0.29) is 11.4 Å². The van der Waals surface area contributed by atoms with Gasteiger partial charge in [0.15, 0.2) is 5.78 Å². The summed E-state index contributed by atoms with van der Waals surface area (Å²) in [7, 11) is 0. The lowest BCUT2D eigenvalue weighted by molar-refractivity contribution is -0.134. The smallest absolute Gasteiger partial charge is 0.170 e. The monoisotopic (exact) mass is 280 g/mol. The van der Waals surface area contributed by atoms with Crippen LogP contribution in [0.15, 0.2) is 18.2 Å². The van der Waals surface area contributed by atoms with Gasteiger partial charge in [-0.2, -0.15) is 0 Å². The molecule has 0 amide bonds. The molecule has 1 aromatic carbocycles. The second-order valence-corrected chi connectivity index (χ2v) is 6.50. The Morgan fingerprint density at radius 1 is 1.32 bits per heavy atom. The maximum absolute atomic E-state index is 12.3. The topological polar surface area (TPSA) is 35.5 Å². The summed E-state index contributed by atoms with van der Waals surface area (Å²) < 4.78 is 11.9. The Morgan fingerprint density at radius 2 is 2.11 bits per heavy atom. The molecule has 1 unspecified atom stereocenters. The molecule has 2 aliphatic rings. The number of carbonyl (C=O) groups is 1. The second-order valence-electron chi connectivity index (χ2n) is 6.06.